The molecule has 0 saturated carbocycles. The second kappa shape index (κ2) is 10.8. The molecular weight excluding hydrogens is 450 g/mol. The molecule has 0 aliphatic carbocycles. The predicted octanol–water partition coefficient (Wildman–Crippen LogP) is 3.94. The summed E-state index contributed by atoms with van der Waals surface area (Å²) in [5.41, 5.74) is 2.23. The van der Waals surface area contributed by atoms with Crippen LogP contribution in [0.4, 0.5) is 5.82 Å². The lowest BCUT2D eigenvalue weighted by atomic mass is 9.91. The van der Waals surface area contributed by atoms with Crippen LogP contribution in [0.3, 0.4) is 0 Å². The van der Waals surface area contributed by atoms with Crippen LogP contribution in [0, 0.1) is 5.92 Å². The van der Waals surface area contributed by atoms with Crippen LogP contribution in [0.2, 0.25) is 0 Å². The molecule has 4 heterocycles. The SMILES string of the molecule is CCN1CCN(Cc2cccc(OCC3CCC4CN(c5noc6ccccc56)CCN4C3)c2)CC1. The van der Waals surface area contributed by atoms with Gasteiger partial charge < -0.3 is 19.1 Å². The summed E-state index contributed by atoms with van der Waals surface area (Å²) >= 11 is 0. The highest BCUT2D eigenvalue weighted by molar-refractivity contribution is 5.88. The molecule has 2 unspecified atom stereocenters. The van der Waals surface area contributed by atoms with Gasteiger partial charge in [0.05, 0.1) is 12.0 Å². The maximum atomic E-state index is 6.33. The van der Waals surface area contributed by atoms with Crippen LogP contribution in [-0.2, 0) is 6.54 Å². The van der Waals surface area contributed by atoms with Gasteiger partial charge in [-0.05, 0) is 49.2 Å². The molecule has 7 nitrogen and oxygen atoms in total. The maximum absolute atomic E-state index is 6.33. The zero-order chi connectivity index (χ0) is 24.3. The third-order valence-corrected chi connectivity index (χ3v) is 8.37. The van der Waals surface area contributed by atoms with Gasteiger partial charge in [-0.15, -0.1) is 0 Å². The Labute approximate surface area is 214 Å². The number of nitrogens with zero attached hydrogens (tertiary/aromatic N) is 5. The number of likely N-dealkylation sites (N-methyl/N-ethyl adjacent to an activating group) is 1. The standard InChI is InChI=1S/C29H39N5O2/c1-2-31-12-14-32(15-13-31)19-23-6-5-7-26(18-23)35-22-24-10-11-25-21-34(17-16-33(25)20-24)29-27-8-3-4-9-28(27)36-30-29/h3-9,18,24-25H,2,10-17,19-22H2,1H3. The molecule has 0 N–H and O–H groups in total. The van der Waals surface area contributed by atoms with E-state index in [1.54, 1.807) is 0 Å². The Hall–Kier alpha value is -2.61. The average molecular weight is 490 g/mol. The molecule has 3 aromatic rings. The topological polar surface area (TPSA) is 48.2 Å². The molecular formula is C29H39N5O2. The first-order valence-corrected chi connectivity index (χ1v) is 13.7. The van der Waals surface area contributed by atoms with Crippen LogP contribution in [0.15, 0.2) is 53.1 Å². The Kier molecular flexibility index (Phi) is 7.12. The number of fused-ring (bicyclic) bond motifs is 2. The predicted molar refractivity (Wildman–Crippen MR) is 144 cm³/mol. The van der Waals surface area contributed by atoms with Gasteiger partial charge in [-0.2, -0.15) is 0 Å². The van der Waals surface area contributed by atoms with Gasteiger partial charge in [0.25, 0.3) is 0 Å². The lowest BCUT2D eigenvalue weighted by Crippen LogP contribution is -2.57. The van der Waals surface area contributed by atoms with Crippen LogP contribution in [-0.4, -0.2) is 91.4 Å². The van der Waals surface area contributed by atoms with Gasteiger partial charge in [0.2, 0.25) is 0 Å². The number of para-hydroxylation sites is 1. The Morgan fingerprint density at radius 1 is 0.917 bits per heavy atom. The summed E-state index contributed by atoms with van der Waals surface area (Å²) in [7, 11) is 0. The molecule has 7 heteroatoms. The number of rotatable bonds is 7. The lowest BCUT2D eigenvalue weighted by Gasteiger charge is -2.46. The van der Waals surface area contributed by atoms with Crippen molar-refractivity contribution in [2.45, 2.75) is 32.4 Å². The molecule has 36 heavy (non-hydrogen) atoms. The van der Waals surface area contributed by atoms with Gasteiger partial charge in [0, 0.05) is 70.9 Å². The maximum Gasteiger partial charge on any atom is 0.180 e. The molecule has 3 aliphatic heterocycles. The molecule has 3 fully saturated rings. The Morgan fingerprint density at radius 3 is 2.67 bits per heavy atom. The minimum Gasteiger partial charge on any atom is -0.493 e. The Morgan fingerprint density at radius 2 is 1.78 bits per heavy atom. The van der Waals surface area contributed by atoms with E-state index in [2.05, 4.69) is 68.1 Å². The van der Waals surface area contributed by atoms with Gasteiger partial charge in [0.15, 0.2) is 11.4 Å². The van der Waals surface area contributed by atoms with Gasteiger partial charge in [0.1, 0.15) is 5.75 Å². The minimum atomic E-state index is 0.585. The molecule has 0 spiro atoms. The number of hydrogen-bond donors (Lipinski definition) is 0. The number of hydrogen-bond acceptors (Lipinski definition) is 7. The summed E-state index contributed by atoms with van der Waals surface area (Å²) in [5.74, 6) is 2.61. The van der Waals surface area contributed by atoms with E-state index in [0.717, 1.165) is 81.5 Å². The molecule has 3 saturated heterocycles. The molecule has 3 aliphatic rings. The monoisotopic (exact) mass is 489 g/mol. The van der Waals surface area contributed by atoms with Crippen LogP contribution in [0.25, 0.3) is 11.0 Å². The van der Waals surface area contributed by atoms with Crippen molar-refractivity contribution in [1.82, 2.24) is 19.9 Å². The van der Waals surface area contributed by atoms with Crippen LogP contribution in [0.5, 0.6) is 5.75 Å². The van der Waals surface area contributed by atoms with Crippen molar-refractivity contribution in [3.63, 3.8) is 0 Å². The van der Waals surface area contributed by atoms with Gasteiger partial charge in [-0.25, -0.2) is 0 Å². The summed E-state index contributed by atoms with van der Waals surface area (Å²) in [6.07, 6.45) is 2.43. The molecule has 0 bridgehead atoms. The second-order valence-electron chi connectivity index (χ2n) is 10.7. The number of benzene rings is 2. The van der Waals surface area contributed by atoms with Crippen molar-refractivity contribution >= 4 is 16.8 Å². The van der Waals surface area contributed by atoms with E-state index < -0.39 is 0 Å². The normalized spacial score (nSPS) is 24.2. The largest absolute Gasteiger partial charge is 0.493 e. The van der Waals surface area contributed by atoms with E-state index in [1.807, 2.05) is 12.1 Å². The summed E-state index contributed by atoms with van der Waals surface area (Å²) in [6.45, 7) is 14.1. The second-order valence-corrected chi connectivity index (χ2v) is 10.7. The highest BCUT2D eigenvalue weighted by Crippen LogP contribution is 2.31. The lowest BCUT2D eigenvalue weighted by molar-refractivity contribution is 0.0726. The summed E-state index contributed by atoms with van der Waals surface area (Å²) in [4.78, 5) is 10.2. The van der Waals surface area contributed by atoms with E-state index >= 15 is 0 Å². The molecule has 2 atom stereocenters. The van der Waals surface area contributed by atoms with E-state index in [-0.39, 0.29) is 0 Å². The van der Waals surface area contributed by atoms with Crippen molar-refractivity contribution in [1.29, 1.82) is 0 Å². The number of aromatic nitrogens is 1. The fraction of sp³-hybridized carbons (Fsp3) is 0.552. The zero-order valence-corrected chi connectivity index (χ0v) is 21.5. The van der Waals surface area contributed by atoms with Crippen molar-refractivity contribution in [3.8, 4) is 5.75 Å². The zero-order valence-electron chi connectivity index (χ0n) is 21.5. The van der Waals surface area contributed by atoms with E-state index in [1.165, 1.54) is 31.5 Å². The van der Waals surface area contributed by atoms with Crippen molar-refractivity contribution < 1.29 is 9.26 Å². The fourth-order valence-corrected chi connectivity index (χ4v) is 6.16. The molecule has 0 radical (unpaired) electrons. The average Bonchev–Trinajstić information content (AvgIpc) is 3.36. The number of ether oxygens (including phenoxy) is 1. The number of piperidine rings is 1. The van der Waals surface area contributed by atoms with E-state index in [9.17, 15) is 0 Å². The van der Waals surface area contributed by atoms with Crippen molar-refractivity contribution in [2.24, 2.45) is 5.92 Å². The quantitative estimate of drug-likeness (QED) is 0.498. The van der Waals surface area contributed by atoms with Crippen molar-refractivity contribution in [2.75, 3.05) is 70.4 Å². The summed E-state index contributed by atoms with van der Waals surface area (Å²) in [6, 6.07) is 17.5. The first-order valence-electron chi connectivity index (χ1n) is 13.7. The Balaban J connectivity index is 0.990. The summed E-state index contributed by atoms with van der Waals surface area (Å²) in [5, 5.41) is 5.52. The van der Waals surface area contributed by atoms with Crippen LogP contribution < -0.4 is 9.64 Å². The molecule has 0 amide bonds. The third kappa shape index (κ3) is 5.24. The summed E-state index contributed by atoms with van der Waals surface area (Å²) < 4.78 is 11.9. The smallest absolute Gasteiger partial charge is 0.180 e. The van der Waals surface area contributed by atoms with Crippen LogP contribution >= 0.6 is 0 Å². The van der Waals surface area contributed by atoms with E-state index in [0.29, 0.717) is 12.0 Å². The number of anilines is 1. The first kappa shape index (κ1) is 23.8. The third-order valence-electron chi connectivity index (χ3n) is 8.37. The molecule has 2 aromatic carbocycles. The fourth-order valence-electron chi connectivity index (χ4n) is 6.16. The van der Waals surface area contributed by atoms with Crippen molar-refractivity contribution in [3.05, 3.63) is 54.1 Å². The van der Waals surface area contributed by atoms with Gasteiger partial charge in [-0.1, -0.05) is 36.3 Å². The van der Waals surface area contributed by atoms with Gasteiger partial charge >= 0.3 is 0 Å². The highest BCUT2D eigenvalue weighted by Gasteiger charge is 2.34. The van der Waals surface area contributed by atoms with Gasteiger partial charge in [-0.3, -0.25) is 9.80 Å². The molecule has 192 valence electrons. The molecule has 1 aromatic heterocycles. The Bertz CT molecular complexity index is 1140. The minimum absolute atomic E-state index is 0.585. The van der Waals surface area contributed by atoms with E-state index in [4.69, 9.17) is 9.26 Å². The molecule has 6 rings (SSSR count). The number of piperazine rings is 2. The van der Waals surface area contributed by atoms with Crippen LogP contribution in [0.1, 0.15) is 25.3 Å². The first-order chi connectivity index (χ1) is 17.7. The highest BCUT2D eigenvalue weighted by atomic mass is 16.5.